The summed E-state index contributed by atoms with van der Waals surface area (Å²) in [5.74, 6) is -0.896. The molecular weight excluding hydrogens is 233 g/mol. The topological polar surface area (TPSA) is 45.2 Å². The molecule has 1 N–H and O–H groups in total. The van der Waals surface area contributed by atoms with Gasteiger partial charge in [0.2, 0.25) is 5.95 Å². The van der Waals surface area contributed by atoms with Crippen molar-refractivity contribution in [2.24, 2.45) is 0 Å². The number of nitrogens with zero attached hydrogens (tertiary/aromatic N) is 2. The molecule has 4 nitrogen and oxygen atoms in total. The predicted octanol–water partition coefficient (Wildman–Crippen LogP) is 1.68. The van der Waals surface area contributed by atoms with Crippen molar-refractivity contribution in [2.75, 3.05) is 26.2 Å². The van der Waals surface area contributed by atoms with Crippen molar-refractivity contribution in [3.05, 3.63) is 29.8 Å². The average molecular weight is 253 g/mol. The monoisotopic (exact) mass is 253 g/mol. The van der Waals surface area contributed by atoms with Crippen LogP contribution in [0.25, 0.3) is 0 Å². The minimum absolute atomic E-state index is 0.260. The molecule has 0 aromatic carbocycles. The van der Waals surface area contributed by atoms with Crippen molar-refractivity contribution >= 4 is 5.91 Å². The van der Waals surface area contributed by atoms with Gasteiger partial charge in [-0.05, 0) is 25.6 Å². The Morgan fingerprint density at radius 2 is 2.22 bits per heavy atom. The molecule has 0 radical (unpaired) electrons. The Morgan fingerprint density at radius 3 is 2.83 bits per heavy atom. The number of amides is 1. The Kier molecular flexibility index (Phi) is 6.28. The van der Waals surface area contributed by atoms with Crippen LogP contribution in [0.5, 0.6) is 0 Å². The minimum atomic E-state index is -0.635. The molecule has 0 aliphatic heterocycles. The van der Waals surface area contributed by atoms with Crippen LogP contribution in [0.15, 0.2) is 18.3 Å². The molecule has 0 fully saturated rings. The minimum Gasteiger partial charge on any atom is -0.351 e. The highest BCUT2D eigenvalue weighted by Crippen LogP contribution is 1.99. The lowest BCUT2D eigenvalue weighted by atomic mass is 10.2. The van der Waals surface area contributed by atoms with E-state index >= 15 is 0 Å². The van der Waals surface area contributed by atoms with Gasteiger partial charge in [0.15, 0.2) is 0 Å². The van der Waals surface area contributed by atoms with Crippen LogP contribution in [0, 0.1) is 5.95 Å². The lowest BCUT2D eigenvalue weighted by molar-refractivity contribution is 0.0948. The highest BCUT2D eigenvalue weighted by molar-refractivity contribution is 5.93. The molecule has 18 heavy (non-hydrogen) atoms. The van der Waals surface area contributed by atoms with Crippen molar-refractivity contribution in [1.29, 1.82) is 0 Å². The third-order valence-corrected chi connectivity index (χ3v) is 2.69. The maximum atomic E-state index is 12.8. The van der Waals surface area contributed by atoms with E-state index in [-0.39, 0.29) is 5.91 Å². The van der Waals surface area contributed by atoms with Gasteiger partial charge in [0.25, 0.3) is 5.91 Å². The van der Waals surface area contributed by atoms with Crippen LogP contribution in [0.4, 0.5) is 4.39 Å². The van der Waals surface area contributed by atoms with E-state index in [4.69, 9.17) is 0 Å². The largest absolute Gasteiger partial charge is 0.351 e. The van der Waals surface area contributed by atoms with Gasteiger partial charge in [-0.25, -0.2) is 4.98 Å². The Bertz CT molecular complexity index is 384. The first-order chi connectivity index (χ1) is 8.67. The second-order valence-electron chi connectivity index (χ2n) is 4.06. The second kappa shape index (κ2) is 7.76. The van der Waals surface area contributed by atoms with Gasteiger partial charge in [-0.2, -0.15) is 4.39 Å². The standard InChI is InChI=1S/C13H20FN3O/c1-3-8-17(4-2)9-7-16-13(18)11-5-6-15-12(14)10-11/h5-6,10H,3-4,7-9H2,1-2H3,(H,16,18). The van der Waals surface area contributed by atoms with Crippen LogP contribution < -0.4 is 5.32 Å². The molecule has 1 aromatic heterocycles. The molecule has 1 rings (SSSR count). The number of hydrogen-bond acceptors (Lipinski definition) is 3. The number of hydrogen-bond donors (Lipinski definition) is 1. The molecule has 1 heterocycles. The first-order valence-corrected chi connectivity index (χ1v) is 6.29. The third-order valence-electron chi connectivity index (χ3n) is 2.69. The molecule has 1 aromatic rings. The van der Waals surface area contributed by atoms with Gasteiger partial charge in [-0.3, -0.25) is 4.79 Å². The third kappa shape index (κ3) is 4.79. The Balaban J connectivity index is 2.37. The SMILES string of the molecule is CCCN(CC)CCNC(=O)c1ccnc(F)c1. The molecular formula is C13H20FN3O. The van der Waals surface area contributed by atoms with Crippen molar-refractivity contribution in [1.82, 2.24) is 15.2 Å². The van der Waals surface area contributed by atoms with Crippen molar-refractivity contribution < 1.29 is 9.18 Å². The van der Waals surface area contributed by atoms with Crippen molar-refractivity contribution in [3.63, 3.8) is 0 Å². The van der Waals surface area contributed by atoms with E-state index in [2.05, 4.69) is 29.0 Å². The fourth-order valence-corrected chi connectivity index (χ4v) is 1.72. The van der Waals surface area contributed by atoms with E-state index in [0.717, 1.165) is 32.1 Å². The van der Waals surface area contributed by atoms with Gasteiger partial charge in [0, 0.05) is 30.9 Å². The number of rotatable bonds is 7. The van der Waals surface area contributed by atoms with Gasteiger partial charge in [-0.1, -0.05) is 13.8 Å². The molecule has 0 atom stereocenters. The molecule has 100 valence electrons. The second-order valence-corrected chi connectivity index (χ2v) is 4.06. The molecule has 0 unspecified atom stereocenters. The first kappa shape index (κ1) is 14.6. The van der Waals surface area contributed by atoms with Crippen LogP contribution in [0.2, 0.25) is 0 Å². The van der Waals surface area contributed by atoms with Gasteiger partial charge in [0.05, 0.1) is 0 Å². The summed E-state index contributed by atoms with van der Waals surface area (Å²) in [5, 5.41) is 2.77. The molecule has 0 aliphatic rings. The zero-order chi connectivity index (χ0) is 13.4. The van der Waals surface area contributed by atoms with E-state index in [9.17, 15) is 9.18 Å². The van der Waals surface area contributed by atoms with Crippen LogP contribution in [-0.4, -0.2) is 42.0 Å². The van der Waals surface area contributed by atoms with Gasteiger partial charge in [0.1, 0.15) is 0 Å². The van der Waals surface area contributed by atoms with Crippen LogP contribution in [-0.2, 0) is 0 Å². The molecule has 5 heteroatoms. The number of pyridine rings is 1. The summed E-state index contributed by atoms with van der Waals surface area (Å²) in [4.78, 5) is 17.4. The quantitative estimate of drug-likeness (QED) is 0.752. The normalized spacial score (nSPS) is 10.7. The lowest BCUT2D eigenvalue weighted by Crippen LogP contribution is -2.35. The molecule has 0 aliphatic carbocycles. The summed E-state index contributed by atoms with van der Waals surface area (Å²) < 4.78 is 12.8. The maximum absolute atomic E-state index is 12.8. The van der Waals surface area contributed by atoms with Crippen LogP contribution >= 0.6 is 0 Å². The highest BCUT2D eigenvalue weighted by atomic mass is 19.1. The number of carbonyl (C=O) groups excluding carboxylic acids is 1. The Labute approximate surface area is 107 Å². The molecule has 0 saturated carbocycles. The summed E-state index contributed by atoms with van der Waals surface area (Å²) >= 11 is 0. The number of halogens is 1. The number of nitrogens with one attached hydrogen (secondary N) is 1. The summed E-state index contributed by atoms with van der Waals surface area (Å²) in [6.45, 7) is 7.58. The van der Waals surface area contributed by atoms with Gasteiger partial charge in [-0.15, -0.1) is 0 Å². The summed E-state index contributed by atoms with van der Waals surface area (Å²) in [6.07, 6.45) is 2.39. The molecule has 0 saturated heterocycles. The van der Waals surface area contributed by atoms with Crippen LogP contribution in [0.1, 0.15) is 30.6 Å². The van der Waals surface area contributed by atoms with Gasteiger partial charge >= 0.3 is 0 Å². The zero-order valence-corrected chi connectivity index (χ0v) is 10.9. The Morgan fingerprint density at radius 1 is 1.44 bits per heavy atom. The lowest BCUT2D eigenvalue weighted by Gasteiger charge is -2.19. The predicted molar refractivity (Wildman–Crippen MR) is 68.9 cm³/mol. The summed E-state index contributed by atoms with van der Waals surface area (Å²) in [6, 6.07) is 2.64. The fourth-order valence-electron chi connectivity index (χ4n) is 1.72. The molecule has 0 bridgehead atoms. The number of likely N-dealkylation sites (N-methyl/N-ethyl adjacent to an activating group) is 1. The number of carbonyl (C=O) groups is 1. The average Bonchev–Trinajstić information content (AvgIpc) is 2.37. The van der Waals surface area contributed by atoms with E-state index in [1.54, 1.807) is 0 Å². The summed E-state index contributed by atoms with van der Waals surface area (Å²) in [5.41, 5.74) is 0.307. The van der Waals surface area contributed by atoms with Gasteiger partial charge < -0.3 is 10.2 Å². The van der Waals surface area contributed by atoms with E-state index < -0.39 is 5.95 Å². The van der Waals surface area contributed by atoms with Crippen molar-refractivity contribution in [2.45, 2.75) is 20.3 Å². The zero-order valence-electron chi connectivity index (χ0n) is 10.9. The van der Waals surface area contributed by atoms with Crippen LogP contribution in [0.3, 0.4) is 0 Å². The maximum Gasteiger partial charge on any atom is 0.251 e. The van der Waals surface area contributed by atoms with E-state index in [0.29, 0.717) is 12.1 Å². The molecule has 0 spiro atoms. The smallest absolute Gasteiger partial charge is 0.251 e. The fraction of sp³-hybridized carbons (Fsp3) is 0.538. The highest BCUT2D eigenvalue weighted by Gasteiger charge is 2.07. The first-order valence-electron chi connectivity index (χ1n) is 6.29. The Hall–Kier alpha value is -1.49. The molecule has 1 amide bonds. The van der Waals surface area contributed by atoms with Crippen molar-refractivity contribution in [3.8, 4) is 0 Å². The van der Waals surface area contributed by atoms with E-state index in [1.165, 1.54) is 12.3 Å². The number of aromatic nitrogens is 1. The summed E-state index contributed by atoms with van der Waals surface area (Å²) in [7, 11) is 0. The van der Waals surface area contributed by atoms with E-state index in [1.807, 2.05) is 0 Å².